The second-order valence-corrected chi connectivity index (χ2v) is 5.34. The number of aromatic nitrogens is 3. The van der Waals surface area contributed by atoms with Crippen LogP contribution in [0.15, 0.2) is 36.5 Å². The molecule has 3 rings (SSSR count). The van der Waals surface area contributed by atoms with E-state index in [2.05, 4.69) is 41.6 Å². The van der Waals surface area contributed by atoms with E-state index in [1.807, 2.05) is 12.1 Å². The van der Waals surface area contributed by atoms with Crippen molar-refractivity contribution < 1.29 is 0 Å². The van der Waals surface area contributed by atoms with E-state index in [9.17, 15) is 0 Å². The summed E-state index contributed by atoms with van der Waals surface area (Å²) in [6.45, 7) is 5.22. The zero-order valence-corrected chi connectivity index (χ0v) is 12.5. The molecular formula is C17H20N4. The Morgan fingerprint density at radius 1 is 1.19 bits per heavy atom. The van der Waals surface area contributed by atoms with Crippen LogP contribution in [0, 0.1) is 6.92 Å². The predicted molar refractivity (Wildman–Crippen MR) is 86.2 cm³/mol. The molecule has 0 aliphatic rings. The van der Waals surface area contributed by atoms with E-state index in [1.54, 1.807) is 6.20 Å². The number of imidazole rings is 1. The first-order valence-electron chi connectivity index (χ1n) is 7.34. The molecule has 1 aromatic carbocycles. The summed E-state index contributed by atoms with van der Waals surface area (Å²) in [6.07, 6.45) is 3.55. The quantitative estimate of drug-likeness (QED) is 0.797. The highest BCUT2D eigenvalue weighted by Gasteiger charge is 2.13. The van der Waals surface area contributed by atoms with Gasteiger partial charge >= 0.3 is 0 Å². The lowest BCUT2D eigenvalue weighted by Gasteiger charge is -2.11. The summed E-state index contributed by atoms with van der Waals surface area (Å²) in [5, 5.41) is 0. The first-order valence-corrected chi connectivity index (χ1v) is 7.34. The molecule has 21 heavy (non-hydrogen) atoms. The van der Waals surface area contributed by atoms with Gasteiger partial charge in [0.1, 0.15) is 11.6 Å². The van der Waals surface area contributed by atoms with Crippen molar-refractivity contribution in [2.45, 2.75) is 33.2 Å². The topological polar surface area (TPSA) is 56.7 Å². The number of nitrogens with two attached hydrogens (primary N) is 1. The van der Waals surface area contributed by atoms with Gasteiger partial charge in [0.2, 0.25) is 0 Å². The van der Waals surface area contributed by atoms with E-state index in [1.165, 1.54) is 5.52 Å². The molecule has 4 nitrogen and oxygen atoms in total. The Hall–Kier alpha value is -2.36. The largest absolute Gasteiger partial charge is 0.383 e. The minimum absolute atomic E-state index is 0.602. The highest BCUT2D eigenvalue weighted by molar-refractivity contribution is 5.76. The van der Waals surface area contributed by atoms with Crippen molar-refractivity contribution in [2.75, 3.05) is 5.73 Å². The highest BCUT2D eigenvalue weighted by atomic mass is 15.1. The van der Waals surface area contributed by atoms with Gasteiger partial charge in [-0.05, 0) is 37.1 Å². The number of hydrogen-bond donors (Lipinski definition) is 1. The van der Waals surface area contributed by atoms with Gasteiger partial charge in [0.15, 0.2) is 0 Å². The van der Waals surface area contributed by atoms with Gasteiger partial charge in [-0.1, -0.05) is 19.1 Å². The number of aryl methyl sites for hydroxylation is 2. The van der Waals surface area contributed by atoms with Crippen LogP contribution >= 0.6 is 0 Å². The third-order valence-corrected chi connectivity index (χ3v) is 3.84. The molecule has 0 unspecified atom stereocenters. The van der Waals surface area contributed by atoms with Crippen LogP contribution < -0.4 is 5.73 Å². The molecule has 2 aromatic heterocycles. The summed E-state index contributed by atoms with van der Waals surface area (Å²) >= 11 is 0. The van der Waals surface area contributed by atoms with Gasteiger partial charge in [0.05, 0.1) is 11.0 Å². The van der Waals surface area contributed by atoms with Gasteiger partial charge < -0.3 is 10.3 Å². The van der Waals surface area contributed by atoms with E-state index in [-0.39, 0.29) is 0 Å². The summed E-state index contributed by atoms with van der Waals surface area (Å²) in [6, 6.07) is 10.3. The van der Waals surface area contributed by atoms with Crippen molar-refractivity contribution in [3.05, 3.63) is 53.5 Å². The maximum atomic E-state index is 6.04. The summed E-state index contributed by atoms with van der Waals surface area (Å²) in [7, 11) is 0. The lowest BCUT2D eigenvalue weighted by Crippen LogP contribution is -2.07. The van der Waals surface area contributed by atoms with Gasteiger partial charge in [-0.3, -0.25) is 0 Å². The lowest BCUT2D eigenvalue weighted by atomic mass is 10.1. The van der Waals surface area contributed by atoms with Crippen LogP contribution in [0.4, 0.5) is 5.82 Å². The standard InChI is InChI=1S/C17H20N4/c1-3-10-21-15-7-5-4-6-14(15)20-16(21)11-13-12(2)8-9-19-17(13)18/h4-9H,3,10-11H2,1-2H3,(H2,18,19). The molecule has 0 atom stereocenters. The number of nitrogens with zero attached hydrogens (tertiary/aromatic N) is 3. The van der Waals surface area contributed by atoms with Crippen molar-refractivity contribution in [3.63, 3.8) is 0 Å². The summed E-state index contributed by atoms with van der Waals surface area (Å²) in [5.74, 6) is 1.66. The predicted octanol–water partition coefficient (Wildman–Crippen LogP) is 3.32. The molecule has 2 N–H and O–H groups in total. The molecule has 0 aliphatic heterocycles. The van der Waals surface area contributed by atoms with Crippen LogP contribution in [0.3, 0.4) is 0 Å². The van der Waals surface area contributed by atoms with Crippen LogP contribution in [0.25, 0.3) is 11.0 Å². The van der Waals surface area contributed by atoms with Gasteiger partial charge in [0, 0.05) is 24.7 Å². The SMILES string of the molecule is CCCn1c(Cc2c(C)ccnc2N)nc2ccccc21. The Morgan fingerprint density at radius 3 is 2.76 bits per heavy atom. The van der Waals surface area contributed by atoms with E-state index in [0.29, 0.717) is 5.82 Å². The van der Waals surface area contributed by atoms with Crippen LogP contribution in [0.2, 0.25) is 0 Å². The third-order valence-electron chi connectivity index (χ3n) is 3.84. The second-order valence-electron chi connectivity index (χ2n) is 5.34. The molecule has 2 heterocycles. The Labute approximate surface area is 124 Å². The fourth-order valence-electron chi connectivity index (χ4n) is 2.73. The van der Waals surface area contributed by atoms with Crippen molar-refractivity contribution in [3.8, 4) is 0 Å². The van der Waals surface area contributed by atoms with Gasteiger partial charge in [-0.15, -0.1) is 0 Å². The molecule has 0 amide bonds. The van der Waals surface area contributed by atoms with E-state index >= 15 is 0 Å². The number of benzene rings is 1. The molecule has 108 valence electrons. The van der Waals surface area contributed by atoms with Crippen molar-refractivity contribution in [2.24, 2.45) is 0 Å². The Morgan fingerprint density at radius 2 is 2.00 bits per heavy atom. The number of nitrogen functional groups attached to an aromatic ring is 1. The van der Waals surface area contributed by atoms with Crippen molar-refractivity contribution >= 4 is 16.9 Å². The first-order chi connectivity index (χ1) is 10.2. The average molecular weight is 280 g/mol. The van der Waals surface area contributed by atoms with E-state index in [0.717, 1.165) is 41.9 Å². The summed E-state index contributed by atoms with van der Waals surface area (Å²) in [4.78, 5) is 8.99. The summed E-state index contributed by atoms with van der Waals surface area (Å²) in [5.41, 5.74) is 10.5. The molecule has 0 fully saturated rings. The van der Waals surface area contributed by atoms with Gasteiger partial charge in [-0.25, -0.2) is 9.97 Å². The van der Waals surface area contributed by atoms with Crippen LogP contribution in [-0.2, 0) is 13.0 Å². The Bertz CT molecular complexity index is 753. The van der Waals surface area contributed by atoms with E-state index in [4.69, 9.17) is 10.7 Å². The fraction of sp³-hybridized carbons (Fsp3) is 0.294. The summed E-state index contributed by atoms with van der Waals surface area (Å²) < 4.78 is 2.29. The molecular weight excluding hydrogens is 260 g/mol. The fourth-order valence-corrected chi connectivity index (χ4v) is 2.73. The third kappa shape index (κ3) is 2.49. The second kappa shape index (κ2) is 5.56. The molecule has 3 aromatic rings. The molecule has 0 radical (unpaired) electrons. The first kappa shape index (κ1) is 13.6. The van der Waals surface area contributed by atoms with Gasteiger partial charge in [0.25, 0.3) is 0 Å². The smallest absolute Gasteiger partial charge is 0.127 e. The van der Waals surface area contributed by atoms with Crippen LogP contribution in [0.5, 0.6) is 0 Å². The number of para-hydroxylation sites is 2. The molecule has 0 saturated carbocycles. The average Bonchev–Trinajstić information content (AvgIpc) is 2.82. The van der Waals surface area contributed by atoms with Gasteiger partial charge in [-0.2, -0.15) is 0 Å². The number of rotatable bonds is 4. The maximum Gasteiger partial charge on any atom is 0.127 e. The minimum Gasteiger partial charge on any atom is -0.383 e. The maximum absolute atomic E-state index is 6.04. The van der Waals surface area contributed by atoms with E-state index < -0.39 is 0 Å². The number of pyridine rings is 1. The number of fused-ring (bicyclic) bond motifs is 1. The number of anilines is 1. The highest BCUT2D eigenvalue weighted by Crippen LogP contribution is 2.22. The monoisotopic (exact) mass is 280 g/mol. The zero-order valence-electron chi connectivity index (χ0n) is 12.5. The molecule has 0 bridgehead atoms. The lowest BCUT2D eigenvalue weighted by molar-refractivity contribution is 0.664. The van der Waals surface area contributed by atoms with Crippen LogP contribution in [-0.4, -0.2) is 14.5 Å². The Kier molecular flexibility index (Phi) is 3.60. The molecule has 0 saturated heterocycles. The number of hydrogen-bond acceptors (Lipinski definition) is 3. The van der Waals surface area contributed by atoms with Crippen molar-refractivity contribution in [1.82, 2.24) is 14.5 Å². The zero-order chi connectivity index (χ0) is 14.8. The Balaban J connectivity index is 2.10. The molecule has 0 aliphatic carbocycles. The van der Waals surface area contributed by atoms with Crippen molar-refractivity contribution in [1.29, 1.82) is 0 Å². The molecule has 4 heteroatoms. The minimum atomic E-state index is 0.602. The van der Waals surface area contributed by atoms with Crippen LogP contribution in [0.1, 0.15) is 30.3 Å². The molecule has 0 spiro atoms. The normalized spacial score (nSPS) is 11.1.